The number of nitrogens with zero attached hydrogens (tertiary/aromatic N) is 3. The molecule has 2 aromatic heterocycles. The molecule has 2 heterocycles. The van der Waals surface area contributed by atoms with Crippen LogP contribution in [0.5, 0.6) is 5.75 Å². The number of rotatable bonds is 5. The van der Waals surface area contributed by atoms with Gasteiger partial charge < -0.3 is 9.15 Å². The van der Waals surface area contributed by atoms with Crippen LogP contribution in [0.4, 0.5) is 0 Å². The Morgan fingerprint density at radius 1 is 1.23 bits per heavy atom. The Hall–Kier alpha value is -2.89. The summed E-state index contributed by atoms with van der Waals surface area (Å²) in [4.78, 5) is 15.8. The first-order valence-corrected chi connectivity index (χ1v) is 6.87. The van der Waals surface area contributed by atoms with Crippen molar-refractivity contribution < 1.29 is 9.15 Å². The van der Waals surface area contributed by atoms with Crippen LogP contribution in [0.15, 0.2) is 58.0 Å². The van der Waals surface area contributed by atoms with E-state index in [0.29, 0.717) is 18.5 Å². The van der Waals surface area contributed by atoms with E-state index in [1.165, 1.54) is 4.68 Å². The summed E-state index contributed by atoms with van der Waals surface area (Å²) < 4.78 is 11.6. The Kier molecular flexibility index (Phi) is 4.00. The van der Waals surface area contributed by atoms with Crippen LogP contribution in [-0.4, -0.2) is 21.9 Å². The standard InChI is InChI=1S/C16H15N3O3/c1-21-14-6-4-12(5-7-14)8-10-19-16(20)22-15(18-19)13-3-2-9-17-11-13/h2-7,9,11H,8,10H2,1H3. The minimum absolute atomic E-state index is 0.285. The van der Waals surface area contributed by atoms with Crippen molar-refractivity contribution in [3.63, 3.8) is 0 Å². The topological polar surface area (TPSA) is 70.2 Å². The predicted molar refractivity (Wildman–Crippen MR) is 80.7 cm³/mol. The molecule has 0 amide bonds. The summed E-state index contributed by atoms with van der Waals surface area (Å²) in [7, 11) is 1.63. The van der Waals surface area contributed by atoms with E-state index in [2.05, 4.69) is 10.1 Å². The Morgan fingerprint density at radius 2 is 2.05 bits per heavy atom. The minimum atomic E-state index is -0.465. The normalized spacial score (nSPS) is 10.6. The quantitative estimate of drug-likeness (QED) is 0.721. The first kappa shape index (κ1) is 14.1. The maximum Gasteiger partial charge on any atom is 0.437 e. The van der Waals surface area contributed by atoms with E-state index in [4.69, 9.17) is 9.15 Å². The van der Waals surface area contributed by atoms with E-state index in [-0.39, 0.29) is 5.89 Å². The SMILES string of the molecule is COc1ccc(CCn2nc(-c3cccnc3)oc2=O)cc1. The monoisotopic (exact) mass is 297 g/mol. The molecule has 22 heavy (non-hydrogen) atoms. The zero-order valence-corrected chi connectivity index (χ0v) is 12.1. The molecule has 0 saturated heterocycles. The molecular weight excluding hydrogens is 282 g/mol. The average molecular weight is 297 g/mol. The largest absolute Gasteiger partial charge is 0.497 e. The van der Waals surface area contributed by atoms with Crippen LogP contribution in [-0.2, 0) is 13.0 Å². The van der Waals surface area contributed by atoms with Gasteiger partial charge >= 0.3 is 5.76 Å². The van der Waals surface area contributed by atoms with Crippen molar-refractivity contribution in [2.24, 2.45) is 0 Å². The van der Waals surface area contributed by atoms with Crippen molar-refractivity contribution >= 4 is 0 Å². The lowest BCUT2D eigenvalue weighted by molar-refractivity contribution is 0.414. The van der Waals surface area contributed by atoms with Crippen LogP contribution in [0.25, 0.3) is 11.5 Å². The molecule has 0 aliphatic carbocycles. The summed E-state index contributed by atoms with van der Waals surface area (Å²) in [6, 6.07) is 11.3. The zero-order chi connectivity index (χ0) is 15.4. The van der Waals surface area contributed by atoms with Gasteiger partial charge in [0.2, 0.25) is 0 Å². The number of aryl methyl sites for hydroxylation is 2. The van der Waals surface area contributed by atoms with Crippen molar-refractivity contribution in [1.29, 1.82) is 0 Å². The third-order valence-electron chi connectivity index (χ3n) is 3.29. The summed E-state index contributed by atoms with van der Waals surface area (Å²) in [5.41, 5.74) is 1.78. The highest BCUT2D eigenvalue weighted by Gasteiger charge is 2.10. The van der Waals surface area contributed by atoms with Crippen molar-refractivity contribution in [3.05, 3.63) is 64.9 Å². The summed E-state index contributed by atoms with van der Waals surface area (Å²) in [6.07, 6.45) is 3.95. The molecule has 0 atom stereocenters. The molecule has 0 unspecified atom stereocenters. The fourth-order valence-corrected chi connectivity index (χ4v) is 2.08. The molecule has 6 heteroatoms. The number of hydrogen-bond donors (Lipinski definition) is 0. The Balaban J connectivity index is 1.73. The number of methoxy groups -OCH3 is 1. The molecule has 0 N–H and O–H groups in total. The first-order valence-electron chi connectivity index (χ1n) is 6.87. The number of benzene rings is 1. The smallest absolute Gasteiger partial charge is 0.437 e. The van der Waals surface area contributed by atoms with Crippen molar-refractivity contribution in [1.82, 2.24) is 14.8 Å². The van der Waals surface area contributed by atoms with Gasteiger partial charge in [0.25, 0.3) is 5.89 Å². The van der Waals surface area contributed by atoms with Gasteiger partial charge in [-0.2, -0.15) is 4.68 Å². The van der Waals surface area contributed by atoms with E-state index in [0.717, 1.165) is 11.3 Å². The van der Waals surface area contributed by atoms with Gasteiger partial charge in [-0.3, -0.25) is 4.98 Å². The van der Waals surface area contributed by atoms with Crippen molar-refractivity contribution in [3.8, 4) is 17.2 Å². The molecule has 3 aromatic rings. The highest BCUT2D eigenvalue weighted by molar-refractivity contribution is 5.49. The lowest BCUT2D eigenvalue weighted by Gasteiger charge is -2.02. The number of hydrogen-bond acceptors (Lipinski definition) is 5. The fraction of sp³-hybridized carbons (Fsp3) is 0.188. The van der Waals surface area contributed by atoms with E-state index >= 15 is 0 Å². The van der Waals surface area contributed by atoms with Crippen LogP contribution in [0, 0.1) is 0 Å². The second-order valence-corrected chi connectivity index (χ2v) is 4.74. The van der Waals surface area contributed by atoms with Crippen LogP contribution >= 0.6 is 0 Å². The maximum atomic E-state index is 11.8. The minimum Gasteiger partial charge on any atom is -0.497 e. The third kappa shape index (κ3) is 3.06. The van der Waals surface area contributed by atoms with Gasteiger partial charge in [-0.15, -0.1) is 5.10 Å². The molecule has 6 nitrogen and oxygen atoms in total. The van der Waals surface area contributed by atoms with Crippen LogP contribution in [0.2, 0.25) is 0 Å². The van der Waals surface area contributed by atoms with Crippen LogP contribution in [0.3, 0.4) is 0 Å². The summed E-state index contributed by atoms with van der Waals surface area (Å²) in [5, 5.41) is 4.20. The molecule has 0 spiro atoms. The lowest BCUT2D eigenvalue weighted by Crippen LogP contribution is -2.17. The second kappa shape index (κ2) is 6.26. The lowest BCUT2D eigenvalue weighted by atomic mass is 10.1. The molecule has 0 aliphatic rings. The Bertz CT molecular complexity index is 792. The fourth-order valence-electron chi connectivity index (χ4n) is 2.08. The second-order valence-electron chi connectivity index (χ2n) is 4.74. The van der Waals surface area contributed by atoms with Gasteiger partial charge in [0.15, 0.2) is 0 Å². The highest BCUT2D eigenvalue weighted by atomic mass is 16.5. The molecule has 3 rings (SSSR count). The molecule has 0 aliphatic heterocycles. The number of ether oxygens (including phenoxy) is 1. The van der Waals surface area contributed by atoms with Gasteiger partial charge in [0.05, 0.1) is 19.2 Å². The molecule has 0 bridgehead atoms. The predicted octanol–water partition coefficient (Wildman–Crippen LogP) is 2.15. The van der Waals surface area contributed by atoms with Gasteiger partial charge in [0.1, 0.15) is 5.75 Å². The average Bonchev–Trinajstić information content (AvgIpc) is 2.95. The van der Waals surface area contributed by atoms with Gasteiger partial charge in [-0.05, 0) is 36.2 Å². The Labute approximate surface area is 127 Å². The molecular formula is C16H15N3O3. The molecule has 0 fully saturated rings. The van der Waals surface area contributed by atoms with E-state index in [9.17, 15) is 4.79 Å². The molecule has 112 valence electrons. The summed E-state index contributed by atoms with van der Waals surface area (Å²) in [6.45, 7) is 0.453. The highest BCUT2D eigenvalue weighted by Crippen LogP contribution is 2.14. The van der Waals surface area contributed by atoms with Gasteiger partial charge in [-0.1, -0.05) is 12.1 Å². The van der Waals surface area contributed by atoms with E-state index in [1.54, 1.807) is 31.6 Å². The summed E-state index contributed by atoms with van der Waals surface area (Å²) >= 11 is 0. The van der Waals surface area contributed by atoms with E-state index in [1.807, 2.05) is 24.3 Å². The van der Waals surface area contributed by atoms with Gasteiger partial charge in [-0.25, -0.2) is 4.79 Å². The molecule has 0 saturated carbocycles. The third-order valence-corrected chi connectivity index (χ3v) is 3.29. The number of pyridine rings is 1. The maximum absolute atomic E-state index is 11.8. The number of aromatic nitrogens is 3. The van der Waals surface area contributed by atoms with Crippen LogP contribution < -0.4 is 10.5 Å². The summed E-state index contributed by atoms with van der Waals surface area (Å²) in [5.74, 6) is 0.626. The first-order chi connectivity index (χ1) is 10.8. The zero-order valence-electron chi connectivity index (χ0n) is 12.1. The molecule has 1 aromatic carbocycles. The van der Waals surface area contributed by atoms with Crippen molar-refractivity contribution in [2.45, 2.75) is 13.0 Å². The Morgan fingerprint density at radius 3 is 2.73 bits per heavy atom. The van der Waals surface area contributed by atoms with E-state index < -0.39 is 5.76 Å². The van der Waals surface area contributed by atoms with Gasteiger partial charge in [0, 0.05) is 12.4 Å². The van der Waals surface area contributed by atoms with Crippen LogP contribution in [0.1, 0.15) is 5.56 Å². The molecule has 0 radical (unpaired) electrons. The van der Waals surface area contributed by atoms with Crippen molar-refractivity contribution in [2.75, 3.05) is 7.11 Å².